The van der Waals surface area contributed by atoms with Gasteiger partial charge in [0, 0.05) is 31.7 Å². The molecule has 118 valence electrons. The molecule has 0 aromatic rings. The minimum absolute atomic E-state index is 0.137. The normalized spacial score (nSPS) is 38.0. The van der Waals surface area contributed by atoms with Gasteiger partial charge in [-0.25, -0.2) is 0 Å². The Balaban J connectivity index is 1.97. The Morgan fingerprint density at radius 2 is 2.05 bits per heavy atom. The van der Waals surface area contributed by atoms with Gasteiger partial charge in [0.2, 0.25) is 0 Å². The minimum atomic E-state index is -0.137. The van der Waals surface area contributed by atoms with E-state index in [1.54, 1.807) is 0 Å². The lowest BCUT2D eigenvalue weighted by Gasteiger charge is -2.34. The van der Waals surface area contributed by atoms with Gasteiger partial charge < -0.3 is 15.3 Å². The van der Waals surface area contributed by atoms with Crippen molar-refractivity contribution in [3.8, 4) is 0 Å². The highest BCUT2D eigenvalue weighted by Crippen LogP contribution is 2.42. The molecule has 0 amide bonds. The van der Waals surface area contributed by atoms with E-state index in [0.717, 1.165) is 26.1 Å². The van der Waals surface area contributed by atoms with Crippen LogP contribution in [-0.2, 0) is 0 Å². The molecule has 0 radical (unpaired) electrons. The predicted octanol–water partition coefficient (Wildman–Crippen LogP) is 1.01. The Bertz CT molecular complexity index is 319. The molecule has 0 spiro atoms. The van der Waals surface area contributed by atoms with Gasteiger partial charge in [0.1, 0.15) is 0 Å². The summed E-state index contributed by atoms with van der Waals surface area (Å²) in [4.78, 5) is 4.77. The molecule has 2 fully saturated rings. The van der Waals surface area contributed by atoms with Crippen molar-refractivity contribution in [2.45, 2.75) is 51.3 Å². The fourth-order valence-corrected chi connectivity index (χ4v) is 4.43. The zero-order valence-electron chi connectivity index (χ0n) is 13.9. The third-order valence-corrected chi connectivity index (χ3v) is 5.33. The first-order valence-electron chi connectivity index (χ1n) is 8.07. The van der Waals surface area contributed by atoms with Gasteiger partial charge in [-0.2, -0.15) is 0 Å². The quantitative estimate of drug-likeness (QED) is 0.790. The average molecular weight is 283 g/mol. The molecular formula is C16H33N3O. The number of hydrogen-bond acceptors (Lipinski definition) is 4. The van der Waals surface area contributed by atoms with Crippen LogP contribution >= 0.6 is 0 Å². The number of β-amino-alcohol motifs (C(OH)–C–C–N with tert-alkyl or cyclic N) is 1. The summed E-state index contributed by atoms with van der Waals surface area (Å²) >= 11 is 0. The molecule has 1 heterocycles. The van der Waals surface area contributed by atoms with Gasteiger partial charge in [0.25, 0.3) is 0 Å². The maximum atomic E-state index is 10.0. The molecule has 4 unspecified atom stereocenters. The zero-order chi connectivity index (χ0) is 14.9. The number of likely N-dealkylation sites (N-methyl/N-ethyl adjacent to an activating group) is 1. The summed E-state index contributed by atoms with van der Waals surface area (Å²) in [5.41, 5.74) is 0.398. The summed E-state index contributed by atoms with van der Waals surface area (Å²) in [6.07, 6.45) is 3.40. The van der Waals surface area contributed by atoms with E-state index in [-0.39, 0.29) is 6.10 Å². The van der Waals surface area contributed by atoms with E-state index in [4.69, 9.17) is 0 Å². The summed E-state index contributed by atoms with van der Waals surface area (Å²) in [5, 5.41) is 13.6. The number of likely N-dealkylation sites (tertiary alicyclic amines) is 1. The number of hydrogen-bond donors (Lipinski definition) is 2. The topological polar surface area (TPSA) is 38.7 Å². The second-order valence-electron chi connectivity index (χ2n) is 7.81. The fourth-order valence-electron chi connectivity index (χ4n) is 4.43. The van der Waals surface area contributed by atoms with Gasteiger partial charge in [-0.15, -0.1) is 0 Å². The van der Waals surface area contributed by atoms with Crippen LogP contribution in [0.25, 0.3) is 0 Å². The van der Waals surface area contributed by atoms with Gasteiger partial charge in [-0.05, 0) is 51.7 Å². The SMILES string of the molecule is CNC1C(CN2CC(O)CC2CN(C)C)CCC1(C)C. The first-order valence-corrected chi connectivity index (χ1v) is 8.07. The molecule has 2 N–H and O–H groups in total. The van der Waals surface area contributed by atoms with Crippen molar-refractivity contribution in [3.63, 3.8) is 0 Å². The van der Waals surface area contributed by atoms with Crippen LogP contribution < -0.4 is 5.32 Å². The van der Waals surface area contributed by atoms with Crippen LogP contribution in [0.4, 0.5) is 0 Å². The lowest BCUT2D eigenvalue weighted by atomic mass is 9.85. The van der Waals surface area contributed by atoms with Crippen LogP contribution in [0.3, 0.4) is 0 Å². The highest BCUT2D eigenvalue weighted by atomic mass is 16.3. The van der Waals surface area contributed by atoms with E-state index < -0.39 is 0 Å². The smallest absolute Gasteiger partial charge is 0.0682 e. The van der Waals surface area contributed by atoms with Gasteiger partial charge in [0.15, 0.2) is 0 Å². The standard InChI is InChI=1S/C16H33N3O/c1-16(2)7-6-12(15(16)17-3)9-19-11-14(20)8-13(19)10-18(4)5/h12-15,17,20H,6-11H2,1-5H3. The summed E-state index contributed by atoms with van der Waals surface area (Å²) in [7, 11) is 6.34. The number of nitrogens with one attached hydrogen (secondary N) is 1. The number of aliphatic hydroxyl groups excluding tert-OH is 1. The van der Waals surface area contributed by atoms with E-state index in [2.05, 4.69) is 50.1 Å². The molecule has 4 heteroatoms. The zero-order valence-corrected chi connectivity index (χ0v) is 13.9. The van der Waals surface area contributed by atoms with Crippen LogP contribution in [0.1, 0.15) is 33.1 Å². The Labute approximate surface area is 124 Å². The first-order chi connectivity index (χ1) is 9.33. The predicted molar refractivity (Wildman–Crippen MR) is 83.9 cm³/mol. The highest BCUT2D eigenvalue weighted by Gasteiger charge is 2.43. The number of rotatable bonds is 5. The molecule has 1 aliphatic heterocycles. The van der Waals surface area contributed by atoms with E-state index >= 15 is 0 Å². The van der Waals surface area contributed by atoms with Crippen LogP contribution in [0.5, 0.6) is 0 Å². The lowest BCUT2D eigenvalue weighted by molar-refractivity contribution is 0.144. The highest BCUT2D eigenvalue weighted by molar-refractivity contribution is 4.98. The summed E-state index contributed by atoms with van der Waals surface area (Å²) in [5.74, 6) is 0.713. The molecule has 0 aromatic carbocycles. The maximum absolute atomic E-state index is 10.0. The van der Waals surface area contributed by atoms with Crippen molar-refractivity contribution in [1.82, 2.24) is 15.1 Å². The van der Waals surface area contributed by atoms with E-state index in [1.165, 1.54) is 12.8 Å². The van der Waals surface area contributed by atoms with E-state index in [1.807, 2.05) is 0 Å². The van der Waals surface area contributed by atoms with Crippen LogP contribution in [0.15, 0.2) is 0 Å². The van der Waals surface area contributed by atoms with E-state index in [0.29, 0.717) is 23.4 Å². The Kier molecular flexibility index (Phi) is 5.11. The molecule has 2 aliphatic rings. The summed E-state index contributed by atoms with van der Waals surface area (Å²) in [6, 6.07) is 1.11. The van der Waals surface area contributed by atoms with Crippen molar-refractivity contribution in [2.24, 2.45) is 11.3 Å². The van der Waals surface area contributed by atoms with Gasteiger partial charge in [-0.3, -0.25) is 4.90 Å². The summed E-state index contributed by atoms with van der Waals surface area (Å²) < 4.78 is 0. The second kappa shape index (κ2) is 6.30. The van der Waals surface area contributed by atoms with Crippen molar-refractivity contribution >= 4 is 0 Å². The number of aliphatic hydroxyl groups is 1. The molecule has 1 saturated carbocycles. The van der Waals surface area contributed by atoms with Gasteiger partial charge in [-0.1, -0.05) is 13.8 Å². The van der Waals surface area contributed by atoms with Crippen LogP contribution in [-0.4, -0.2) is 73.9 Å². The van der Waals surface area contributed by atoms with Crippen LogP contribution in [0.2, 0.25) is 0 Å². The lowest BCUT2D eigenvalue weighted by Crippen LogP contribution is -2.46. The minimum Gasteiger partial charge on any atom is -0.392 e. The monoisotopic (exact) mass is 283 g/mol. The molecule has 0 aromatic heterocycles. The Morgan fingerprint density at radius 3 is 2.65 bits per heavy atom. The largest absolute Gasteiger partial charge is 0.392 e. The molecule has 4 atom stereocenters. The van der Waals surface area contributed by atoms with Gasteiger partial charge >= 0.3 is 0 Å². The molecule has 20 heavy (non-hydrogen) atoms. The molecule has 4 nitrogen and oxygen atoms in total. The van der Waals surface area contributed by atoms with Crippen molar-refractivity contribution in [1.29, 1.82) is 0 Å². The summed E-state index contributed by atoms with van der Waals surface area (Å²) in [6.45, 7) is 7.79. The Hall–Kier alpha value is -0.160. The number of nitrogens with zero attached hydrogens (tertiary/aromatic N) is 2. The van der Waals surface area contributed by atoms with Crippen LogP contribution in [0, 0.1) is 11.3 Å². The van der Waals surface area contributed by atoms with E-state index in [9.17, 15) is 5.11 Å². The second-order valence-corrected chi connectivity index (χ2v) is 7.81. The van der Waals surface area contributed by atoms with Crippen molar-refractivity contribution in [3.05, 3.63) is 0 Å². The third-order valence-electron chi connectivity index (χ3n) is 5.33. The molecule has 1 aliphatic carbocycles. The first kappa shape index (κ1) is 16.2. The molecule has 0 bridgehead atoms. The fraction of sp³-hybridized carbons (Fsp3) is 1.00. The third kappa shape index (κ3) is 3.53. The molecule has 1 saturated heterocycles. The molecular weight excluding hydrogens is 250 g/mol. The van der Waals surface area contributed by atoms with Gasteiger partial charge in [0.05, 0.1) is 6.10 Å². The Morgan fingerprint density at radius 1 is 1.35 bits per heavy atom. The van der Waals surface area contributed by atoms with Crippen molar-refractivity contribution < 1.29 is 5.11 Å². The molecule has 2 rings (SSSR count). The van der Waals surface area contributed by atoms with Crippen molar-refractivity contribution in [2.75, 3.05) is 40.8 Å². The maximum Gasteiger partial charge on any atom is 0.0682 e. The average Bonchev–Trinajstić information content (AvgIpc) is 2.79.